The lowest BCUT2D eigenvalue weighted by molar-refractivity contribution is -0.274. The van der Waals surface area contributed by atoms with Gasteiger partial charge in [0.2, 0.25) is 0 Å². The number of carbonyl (C=O) groups is 1. The molecule has 8 nitrogen and oxygen atoms in total. The molecular weight excluding hydrogens is 405 g/mol. The summed E-state index contributed by atoms with van der Waals surface area (Å²) in [5.74, 6) is -1.31. The van der Waals surface area contributed by atoms with Gasteiger partial charge in [-0.05, 0) is 50.6 Å². The van der Waals surface area contributed by atoms with E-state index < -0.39 is 29.9 Å². The maximum Gasteiger partial charge on any atom is 0.573 e. The average Bonchev–Trinajstić information content (AvgIpc) is 2.61. The number of nitrogens with zero attached hydrogens (tertiary/aromatic N) is 3. The number of likely N-dealkylation sites (tertiary alicyclic amines) is 1. The number of phenolic OH excluding ortho intramolecular Hbond substituents is 1. The summed E-state index contributed by atoms with van der Waals surface area (Å²) >= 11 is 0. The number of piperidine rings is 1. The number of likely N-dealkylation sites (N-methyl/N-ethyl adjacent to an activating group) is 1. The molecular formula is C19H21F3N4O4. The number of ether oxygens (including phenoxy) is 1. The number of aryl methyl sites for hydroxylation is 1. The van der Waals surface area contributed by atoms with Crippen molar-refractivity contribution in [2.45, 2.75) is 38.2 Å². The third-order valence-corrected chi connectivity index (χ3v) is 4.91. The zero-order valence-electron chi connectivity index (χ0n) is 16.3. The van der Waals surface area contributed by atoms with E-state index in [0.29, 0.717) is 36.5 Å². The molecule has 30 heavy (non-hydrogen) atoms. The number of anilines is 1. The number of alkyl halides is 3. The molecule has 1 aliphatic heterocycles. The molecule has 1 fully saturated rings. The van der Waals surface area contributed by atoms with Crippen molar-refractivity contribution < 1.29 is 32.9 Å². The number of hydrogen-bond donors (Lipinski definition) is 3. The van der Waals surface area contributed by atoms with Gasteiger partial charge in [-0.15, -0.1) is 23.4 Å². The van der Waals surface area contributed by atoms with Crippen molar-refractivity contribution >= 4 is 11.8 Å². The van der Waals surface area contributed by atoms with Crippen LogP contribution < -0.4 is 10.1 Å². The minimum atomic E-state index is -4.85. The molecule has 11 heteroatoms. The van der Waals surface area contributed by atoms with Crippen molar-refractivity contribution in [1.29, 1.82) is 0 Å². The van der Waals surface area contributed by atoms with Crippen LogP contribution in [0.2, 0.25) is 0 Å². The van der Waals surface area contributed by atoms with Crippen LogP contribution >= 0.6 is 0 Å². The van der Waals surface area contributed by atoms with Gasteiger partial charge in [0.15, 0.2) is 0 Å². The zero-order valence-corrected chi connectivity index (χ0v) is 16.3. The number of hydrogen-bond acceptors (Lipinski definition) is 7. The fraction of sp³-hybridized carbons (Fsp3) is 0.421. The predicted octanol–water partition coefficient (Wildman–Crippen LogP) is 3.02. The molecule has 2 aromatic rings. The van der Waals surface area contributed by atoms with E-state index in [1.807, 2.05) is 0 Å². The minimum absolute atomic E-state index is 0.00245. The molecule has 162 valence electrons. The summed E-state index contributed by atoms with van der Waals surface area (Å²) in [6.45, 7) is 2.27. The van der Waals surface area contributed by atoms with E-state index in [1.165, 1.54) is 6.07 Å². The minimum Gasteiger partial charge on any atom is -0.507 e. The van der Waals surface area contributed by atoms with Crippen LogP contribution in [0.1, 0.15) is 18.4 Å². The summed E-state index contributed by atoms with van der Waals surface area (Å²) in [7, 11) is 1.75. The molecule has 0 bridgehead atoms. The van der Waals surface area contributed by atoms with Gasteiger partial charge in [0.1, 0.15) is 23.4 Å². The fourth-order valence-corrected chi connectivity index (χ4v) is 3.52. The number of aromatic hydroxyl groups is 1. The summed E-state index contributed by atoms with van der Waals surface area (Å²) in [4.78, 5) is 13.0. The molecule has 0 saturated carbocycles. The molecule has 1 aromatic carbocycles. The maximum atomic E-state index is 12.3. The van der Waals surface area contributed by atoms with Gasteiger partial charge in [0, 0.05) is 24.2 Å². The second kappa shape index (κ2) is 8.34. The number of aliphatic carboxylic acids is 1. The number of carboxylic acid groups (broad SMARTS) is 1. The lowest BCUT2D eigenvalue weighted by atomic mass is 9.99. The van der Waals surface area contributed by atoms with E-state index in [2.05, 4.69) is 20.3 Å². The monoisotopic (exact) mass is 426 g/mol. The van der Waals surface area contributed by atoms with E-state index >= 15 is 0 Å². The first-order valence-corrected chi connectivity index (χ1v) is 9.16. The van der Waals surface area contributed by atoms with E-state index in [1.54, 1.807) is 24.9 Å². The Kier molecular flexibility index (Phi) is 6.01. The Balaban J connectivity index is 1.72. The highest BCUT2D eigenvalue weighted by Gasteiger charge is 2.32. The van der Waals surface area contributed by atoms with Gasteiger partial charge in [0.25, 0.3) is 0 Å². The average molecular weight is 426 g/mol. The van der Waals surface area contributed by atoms with Crippen molar-refractivity contribution in [2.24, 2.45) is 0 Å². The van der Waals surface area contributed by atoms with Gasteiger partial charge in [0.05, 0.1) is 5.69 Å². The molecule has 1 saturated heterocycles. The van der Waals surface area contributed by atoms with Crippen LogP contribution in [0, 0.1) is 6.92 Å². The molecule has 0 amide bonds. The van der Waals surface area contributed by atoms with E-state index in [9.17, 15) is 28.2 Å². The van der Waals surface area contributed by atoms with Gasteiger partial charge >= 0.3 is 12.3 Å². The van der Waals surface area contributed by atoms with E-state index in [4.69, 9.17) is 0 Å². The van der Waals surface area contributed by atoms with Crippen LogP contribution in [-0.4, -0.2) is 63.3 Å². The van der Waals surface area contributed by atoms with E-state index in [-0.39, 0.29) is 11.6 Å². The quantitative estimate of drug-likeness (QED) is 0.670. The highest BCUT2D eigenvalue weighted by molar-refractivity contribution is 5.73. The number of benzene rings is 1. The number of halogens is 3. The fourth-order valence-electron chi connectivity index (χ4n) is 3.52. The maximum absolute atomic E-state index is 12.3. The van der Waals surface area contributed by atoms with Crippen LogP contribution in [0.25, 0.3) is 11.3 Å². The first kappa shape index (κ1) is 21.6. The van der Waals surface area contributed by atoms with Gasteiger partial charge in [-0.1, -0.05) is 0 Å². The Morgan fingerprint density at radius 3 is 2.57 bits per heavy atom. The van der Waals surface area contributed by atoms with Gasteiger partial charge in [-0.25, -0.2) is 0 Å². The Hall–Kier alpha value is -3.08. The van der Waals surface area contributed by atoms with Crippen LogP contribution in [-0.2, 0) is 4.79 Å². The third kappa shape index (κ3) is 5.09. The lowest BCUT2D eigenvalue weighted by Gasteiger charge is -2.35. The molecule has 1 aromatic heterocycles. The molecule has 2 heterocycles. The molecule has 2 atom stereocenters. The highest BCUT2D eigenvalue weighted by atomic mass is 19.4. The van der Waals surface area contributed by atoms with Crippen molar-refractivity contribution in [3.8, 4) is 22.8 Å². The second-order valence-electron chi connectivity index (χ2n) is 7.20. The number of phenols is 1. The number of nitrogens with one attached hydrogen (secondary N) is 1. The van der Waals surface area contributed by atoms with Crippen LogP contribution in [0.5, 0.6) is 11.5 Å². The lowest BCUT2D eigenvalue weighted by Crippen LogP contribution is -2.49. The van der Waals surface area contributed by atoms with Crippen LogP contribution in [0.4, 0.5) is 19.0 Å². The molecule has 0 unspecified atom stereocenters. The Labute approximate surface area is 170 Å². The highest BCUT2D eigenvalue weighted by Crippen LogP contribution is 2.35. The smallest absolute Gasteiger partial charge is 0.507 e. The molecule has 0 radical (unpaired) electrons. The summed E-state index contributed by atoms with van der Waals surface area (Å²) in [5.41, 5.74) is 1.20. The summed E-state index contributed by atoms with van der Waals surface area (Å²) in [6.07, 6.45) is -3.69. The summed E-state index contributed by atoms with van der Waals surface area (Å²) in [5, 5.41) is 30.7. The standard InChI is InChI=1S/C19H21F3N4O4/c1-10-7-16(23-11-3-6-14(18(28)29)26(2)9-11)24-25-17(10)13-5-4-12(8-15(13)27)30-19(20,21)22/h4-5,7-8,11,14,27H,3,6,9H2,1-2H3,(H,23,24)(H,28,29)/t11-,14-/m1/s1. The van der Waals surface area contributed by atoms with Crippen molar-refractivity contribution in [3.05, 3.63) is 29.8 Å². The second-order valence-corrected chi connectivity index (χ2v) is 7.20. The van der Waals surface area contributed by atoms with Crippen molar-refractivity contribution in [2.75, 3.05) is 18.9 Å². The normalized spacial score (nSPS) is 20.0. The summed E-state index contributed by atoms with van der Waals surface area (Å²) in [6, 6.07) is 4.44. The van der Waals surface area contributed by atoms with Gasteiger partial charge in [-0.3, -0.25) is 9.69 Å². The first-order chi connectivity index (χ1) is 14.0. The topological polar surface area (TPSA) is 108 Å². The molecule has 3 rings (SSSR count). The van der Waals surface area contributed by atoms with Crippen LogP contribution in [0.15, 0.2) is 24.3 Å². The molecule has 0 aliphatic carbocycles. The number of aromatic nitrogens is 2. The third-order valence-electron chi connectivity index (χ3n) is 4.91. The first-order valence-electron chi connectivity index (χ1n) is 9.16. The molecule has 3 N–H and O–H groups in total. The predicted molar refractivity (Wildman–Crippen MR) is 101 cm³/mol. The number of carboxylic acids is 1. The van der Waals surface area contributed by atoms with Crippen molar-refractivity contribution in [3.63, 3.8) is 0 Å². The summed E-state index contributed by atoms with van der Waals surface area (Å²) < 4.78 is 40.7. The Morgan fingerprint density at radius 2 is 2.00 bits per heavy atom. The number of rotatable bonds is 5. The largest absolute Gasteiger partial charge is 0.573 e. The van der Waals surface area contributed by atoms with Gasteiger partial charge in [-0.2, -0.15) is 0 Å². The Morgan fingerprint density at radius 1 is 1.27 bits per heavy atom. The molecule has 1 aliphatic rings. The van der Waals surface area contributed by atoms with E-state index in [0.717, 1.165) is 12.1 Å². The van der Waals surface area contributed by atoms with Gasteiger partial charge < -0.3 is 20.3 Å². The van der Waals surface area contributed by atoms with Crippen molar-refractivity contribution in [1.82, 2.24) is 15.1 Å². The SMILES string of the molecule is Cc1cc(N[C@@H]2CC[C@H](C(=O)O)N(C)C2)nnc1-c1ccc(OC(F)(F)F)cc1O. The zero-order chi connectivity index (χ0) is 22.1. The van der Waals surface area contributed by atoms with Crippen LogP contribution in [0.3, 0.4) is 0 Å². The molecule has 0 spiro atoms. The Bertz CT molecular complexity index is 938.